The van der Waals surface area contributed by atoms with E-state index in [4.69, 9.17) is 4.74 Å². The van der Waals surface area contributed by atoms with Gasteiger partial charge in [0.05, 0.1) is 13.2 Å². The zero-order valence-corrected chi connectivity index (χ0v) is 10.8. The highest BCUT2D eigenvalue weighted by molar-refractivity contribution is 5.92. The van der Waals surface area contributed by atoms with Crippen LogP contribution in [0.25, 0.3) is 10.8 Å². The van der Waals surface area contributed by atoms with Gasteiger partial charge in [0, 0.05) is 10.8 Å². The molecule has 1 N–H and O–H groups in total. The second-order valence-electron chi connectivity index (χ2n) is 5.19. The molecule has 1 saturated carbocycles. The minimum absolute atomic E-state index is 0.0358. The van der Waals surface area contributed by atoms with E-state index < -0.39 is 0 Å². The third kappa shape index (κ3) is 1.52. The predicted molar refractivity (Wildman–Crippen MR) is 73.1 cm³/mol. The molecule has 0 aliphatic heterocycles. The maximum Gasteiger partial charge on any atom is 0.126 e. The van der Waals surface area contributed by atoms with Crippen molar-refractivity contribution in [3.63, 3.8) is 0 Å². The van der Waals surface area contributed by atoms with Gasteiger partial charge in [-0.3, -0.25) is 0 Å². The normalized spacial score (nSPS) is 18.6. The fourth-order valence-corrected chi connectivity index (χ4v) is 2.93. The Labute approximate surface area is 107 Å². The third-order valence-corrected chi connectivity index (χ3v) is 4.23. The summed E-state index contributed by atoms with van der Waals surface area (Å²) in [5, 5.41) is 12.4. The number of aliphatic hydroxyl groups is 1. The van der Waals surface area contributed by atoms with Gasteiger partial charge >= 0.3 is 0 Å². The Kier molecular flexibility index (Phi) is 2.56. The van der Waals surface area contributed by atoms with Gasteiger partial charge in [0.1, 0.15) is 5.75 Å². The number of hydrogen-bond donors (Lipinski definition) is 1. The van der Waals surface area contributed by atoms with Crippen molar-refractivity contribution in [2.75, 3.05) is 7.11 Å². The van der Waals surface area contributed by atoms with Crippen LogP contribution in [0.2, 0.25) is 0 Å². The van der Waals surface area contributed by atoms with Crippen LogP contribution in [-0.2, 0) is 5.41 Å². The molecule has 0 bridgehead atoms. The van der Waals surface area contributed by atoms with E-state index in [-0.39, 0.29) is 11.5 Å². The summed E-state index contributed by atoms with van der Waals surface area (Å²) in [6, 6.07) is 12.4. The number of ether oxygens (including phenoxy) is 1. The molecule has 1 aliphatic rings. The van der Waals surface area contributed by atoms with Gasteiger partial charge in [0.15, 0.2) is 0 Å². The first-order chi connectivity index (χ1) is 8.69. The molecule has 1 aliphatic carbocycles. The molecule has 0 spiro atoms. The zero-order valence-electron chi connectivity index (χ0n) is 10.8. The van der Waals surface area contributed by atoms with E-state index in [0.29, 0.717) is 0 Å². The Hall–Kier alpha value is -1.54. The van der Waals surface area contributed by atoms with Crippen molar-refractivity contribution in [3.05, 3.63) is 42.0 Å². The standard InChI is InChI=1S/C16H18O2/c1-11(17)16(9-10-16)14-7-8-15(18-2)13-6-4-3-5-12(13)14/h3-8,11,17H,9-10H2,1-2H3. The molecule has 0 radical (unpaired) electrons. The lowest BCUT2D eigenvalue weighted by atomic mass is 9.87. The molecule has 0 amide bonds. The Balaban J connectivity index is 2.26. The molecule has 94 valence electrons. The average Bonchev–Trinajstić information content (AvgIpc) is 3.19. The number of benzene rings is 2. The Morgan fingerprint density at radius 2 is 1.78 bits per heavy atom. The molecule has 2 aromatic carbocycles. The smallest absolute Gasteiger partial charge is 0.126 e. The second kappa shape index (κ2) is 3.99. The molecule has 2 nitrogen and oxygen atoms in total. The summed E-state index contributed by atoms with van der Waals surface area (Å²) in [6.45, 7) is 1.89. The molecule has 18 heavy (non-hydrogen) atoms. The van der Waals surface area contributed by atoms with Crippen LogP contribution in [0.5, 0.6) is 5.75 Å². The van der Waals surface area contributed by atoms with Gasteiger partial charge < -0.3 is 9.84 Å². The van der Waals surface area contributed by atoms with Crippen LogP contribution in [-0.4, -0.2) is 18.3 Å². The molecule has 1 atom stereocenters. The van der Waals surface area contributed by atoms with E-state index in [1.807, 2.05) is 25.1 Å². The first kappa shape index (κ1) is 11.5. The lowest BCUT2D eigenvalue weighted by Gasteiger charge is -2.22. The van der Waals surface area contributed by atoms with E-state index in [1.165, 1.54) is 10.9 Å². The molecular weight excluding hydrogens is 224 g/mol. The highest BCUT2D eigenvalue weighted by Gasteiger charge is 2.49. The molecule has 2 heteroatoms. The zero-order chi connectivity index (χ0) is 12.8. The molecule has 1 unspecified atom stereocenters. The summed E-state index contributed by atoms with van der Waals surface area (Å²) in [5.74, 6) is 0.899. The molecule has 2 aromatic rings. The fraction of sp³-hybridized carbons (Fsp3) is 0.375. The van der Waals surface area contributed by atoms with E-state index >= 15 is 0 Å². The van der Waals surface area contributed by atoms with Crippen molar-refractivity contribution in [2.45, 2.75) is 31.3 Å². The van der Waals surface area contributed by atoms with Crippen molar-refractivity contribution in [2.24, 2.45) is 0 Å². The van der Waals surface area contributed by atoms with Crippen LogP contribution in [0.4, 0.5) is 0 Å². The Bertz CT molecular complexity index is 583. The van der Waals surface area contributed by atoms with E-state index in [2.05, 4.69) is 18.2 Å². The highest BCUT2D eigenvalue weighted by Crippen LogP contribution is 2.53. The minimum Gasteiger partial charge on any atom is -0.496 e. The topological polar surface area (TPSA) is 29.5 Å². The number of rotatable bonds is 3. The first-order valence-electron chi connectivity index (χ1n) is 6.43. The van der Waals surface area contributed by atoms with Crippen LogP contribution in [0, 0.1) is 0 Å². The lowest BCUT2D eigenvalue weighted by Crippen LogP contribution is -2.22. The van der Waals surface area contributed by atoms with Gasteiger partial charge in [-0.2, -0.15) is 0 Å². The van der Waals surface area contributed by atoms with Crippen LogP contribution < -0.4 is 4.74 Å². The molecule has 1 fully saturated rings. The van der Waals surface area contributed by atoms with Gasteiger partial charge in [-0.15, -0.1) is 0 Å². The van der Waals surface area contributed by atoms with E-state index in [1.54, 1.807) is 7.11 Å². The summed E-state index contributed by atoms with van der Waals surface area (Å²) in [7, 11) is 1.70. The summed E-state index contributed by atoms with van der Waals surface area (Å²) in [4.78, 5) is 0. The van der Waals surface area contributed by atoms with Crippen LogP contribution in [0.3, 0.4) is 0 Å². The monoisotopic (exact) mass is 242 g/mol. The largest absolute Gasteiger partial charge is 0.496 e. The molecule has 0 saturated heterocycles. The van der Waals surface area contributed by atoms with Crippen LogP contribution >= 0.6 is 0 Å². The van der Waals surface area contributed by atoms with Gasteiger partial charge in [0.25, 0.3) is 0 Å². The number of methoxy groups -OCH3 is 1. The Morgan fingerprint density at radius 3 is 2.33 bits per heavy atom. The van der Waals surface area contributed by atoms with Crippen LogP contribution in [0.15, 0.2) is 36.4 Å². The summed E-state index contributed by atoms with van der Waals surface area (Å²) < 4.78 is 5.41. The van der Waals surface area contributed by atoms with E-state index in [0.717, 1.165) is 24.0 Å². The number of hydrogen-bond acceptors (Lipinski definition) is 2. The summed E-state index contributed by atoms with van der Waals surface area (Å²) >= 11 is 0. The Morgan fingerprint density at radius 1 is 1.11 bits per heavy atom. The average molecular weight is 242 g/mol. The quantitative estimate of drug-likeness (QED) is 0.895. The SMILES string of the molecule is COc1ccc(C2(C(C)O)CC2)c2ccccc12. The van der Waals surface area contributed by atoms with Crippen molar-refractivity contribution in [1.82, 2.24) is 0 Å². The minimum atomic E-state index is -0.297. The summed E-state index contributed by atoms with van der Waals surface area (Å²) in [5.41, 5.74) is 1.22. The van der Waals surface area contributed by atoms with Crippen molar-refractivity contribution < 1.29 is 9.84 Å². The molecular formula is C16H18O2. The van der Waals surface area contributed by atoms with Crippen LogP contribution in [0.1, 0.15) is 25.3 Å². The van der Waals surface area contributed by atoms with Gasteiger partial charge in [-0.25, -0.2) is 0 Å². The highest BCUT2D eigenvalue weighted by atomic mass is 16.5. The van der Waals surface area contributed by atoms with Crippen molar-refractivity contribution in [1.29, 1.82) is 0 Å². The van der Waals surface area contributed by atoms with Crippen molar-refractivity contribution >= 4 is 10.8 Å². The van der Waals surface area contributed by atoms with E-state index in [9.17, 15) is 5.11 Å². The predicted octanol–water partition coefficient (Wildman–Crippen LogP) is 3.26. The lowest BCUT2D eigenvalue weighted by molar-refractivity contribution is 0.151. The van der Waals surface area contributed by atoms with Crippen molar-refractivity contribution in [3.8, 4) is 5.75 Å². The molecule has 0 heterocycles. The van der Waals surface area contributed by atoms with Gasteiger partial charge in [0.2, 0.25) is 0 Å². The van der Waals surface area contributed by atoms with Gasteiger partial charge in [-0.05, 0) is 36.8 Å². The fourth-order valence-electron chi connectivity index (χ4n) is 2.93. The van der Waals surface area contributed by atoms with Gasteiger partial charge in [-0.1, -0.05) is 30.3 Å². The molecule has 0 aromatic heterocycles. The maximum absolute atomic E-state index is 10.1. The third-order valence-electron chi connectivity index (χ3n) is 4.23. The molecule has 3 rings (SSSR count). The first-order valence-corrected chi connectivity index (χ1v) is 6.43. The second-order valence-corrected chi connectivity index (χ2v) is 5.19. The number of aliphatic hydroxyl groups excluding tert-OH is 1. The maximum atomic E-state index is 10.1. The summed E-state index contributed by atoms with van der Waals surface area (Å²) in [6.07, 6.45) is 1.84. The number of fused-ring (bicyclic) bond motifs is 1.